The van der Waals surface area contributed by atoms with E-state index in [0.717, 1.165) is 43.0 Å². The number of sulfone groups is 1. The highest BCUT2D eigenvalue weighted by atomic mass is 35.5. The van der Waals surface area contributed by atoms with E-state index in [1.54, 1.807) is 25.3 Å². The molecule has 2 unspecified atom stereocenters. The number of carbonyl (C=O) groups is 1. The molecule has 0 spiro atoms. The minimum absolute atomic E-state index is 0.0369. The van der Waals surface area contributed by atoms with E-state index >= 15 is 0 Å². The SMILES string of the molecule is CC1(c2ccc(Cl)cc2F)Oc2cccc(C3CCN(Cc4ncc(CCC(=O)O)n4CC4CCS4(=O)=O)CC3)c2O1. The predicted molar refractivity (Wildman–Crippen MR) is 154 cm³/mol. The lowest BCUT2D eigenvalue weighted by Gasteiger charge is -2.33. The number of ether oxygens (including phenoxy) is 2. The number of nitrogens with zero attached hydrogens (tertiary/aromatic N) is 3. The van der Waals surface area contributed by atoms with Crippen LogP contribution in [0.2, 0.25) is 5.02 Å². The van der Waals surface area contributed by atoms with E-state index in [2.05, 4.69) is 9.88 Å². The number of aryl methyl sites for hydroxylation is 1. The molecule has 9 nitrogen and oxygen atoms in total. The van der Waals surface area contributed by atoms with Gasteiger partial charge in [-0.25, -0.2) is 17.8 Å². The van der Waals surface area contributed by atoms with E-state index in [1.165, 1.54) is 6.07 Å². The average Bonchev–Trinajstić information content (AvgIpc) is 3.49. The van der Waals surface area contributed by atoms with Crippen molar-refractivity contribution in [3.8, 4) is 11.5 Å². The predicted octanol–water partition coefficient (Wildman–Crippen LogP) is 4.90. The third-order valence-electron chi connectivity index (χ3n) is 8.66. The van der Waals surface area contributed by atoms with Crippen molar-refractivity contribution < 1.29 is 32.2 Å². The van der Waals surface area contributed by atoms with Gasteiger partial charge in [-0.1, -0.05) is 23.7 Å². The zero-order valence-electron chi connectivity index (χ0n) is 23.3. The Morgan fingerprint density at radius 2 is 1.98 bits per heavy atom. The van der Waals surface area contributed by atoms with Crippen molar-refractivity contribution in [3.05, 3.63) is 76.1 Å². The van der Waals surface area contributed by atoms with Crippen molar-refractivity contribution in [2.24, 2.45) is 0 Å². The fraction of sp³-hybridized carbons (Fsp3) is 0.467. The van der Waals surface area contributed by atoms with Gasteiger partial charge in [-0.3, -0.25) is 9.69 Å². The molecule has 3 aliphatic heterocycles. The zero-order chi connectivity index (χ0) is 29.6. The summed E-state index contributed by atoms with van der Waals surface area (Å²) in [4.78, 5) is 18.1. The number of imidazole rings is 1. The average molecular weight is 618 g/mol. The Kier molecular flexibility index (Phi) is 7.69. The van der Waals surface area contributed by atoms with Crippen LogP contribution in [0.1, 0.15) is 61.2 Å². The fourth-order valence-electron chi connectivity index (χ4n) is 6.16. The molecule has 0 radical (unpaired) electrons. The molecule has 6 rings (SSSR count). The molecular formula is C30H33ClFN3O6S. The number of para-hydroxylation sites is 1. The van der Waals surface area contributed by atoms with Crippen LogP contribution in [0.5, 0.6) is 11.5 Å². The maximum absolute atomic E-state index is 14.8. The number of fused-ring (bicyclic) bond motifs is 1. The first-order chi connectivity index (χ1) is 20.0. The second-order valence-electron chi connectivity index (χ2n) is 11.4. The van der Waals surface area contributed by atoms with E-state index in [9.17, 15) is 17.6 Å². The highest BCUT2D eigenvalue weighted by Crippen LogP contribution is 2.49. The first-order valence-electron chi connectivity index (χ1n) is 14.2. The highest BCUT2D eigenvalue weighted by Gasteiger charge is 2.43. The van der Waals surface area contributed by atoms with Crippen LogP contribution < -0.4 is 9.47 Å². The van der Waals surface area contributed by atoms with Gasteiger partial charge in [0.25, 0.3) is 5.79 Å². The van der Waals surface area contributed by atoms with Crippen LogP contribution in [0.3, 0.4) is 0 Å². The van der Waals surface area contributed by atoms with Crippen molar-refractivity contribution in [3.63, 3.8) is 0 Å². The molecule has 0 saturated carbocycles. The van der Waals surface area contributed by atoms with Crippen LogP contribution in [0.15, 0.2) is 42.6 Å². The van der Waals surface area contributed by atoms with E-state index in [4.69, 9.17) is 26.2 Å². The first-order valence-corrected chi connectivity index (χ1v) is 16.3. The van der Waals surface area contributed by atoms with Crippen molar-refractivity contribution in [1.29, 1.82) is 0 Å². The number of halogens is 2. The molecule has 1 aromatic heterocycles. The summed E-state index contributed by atoms with van der Waals surface area (Å²) >= 11 is 5.95. The summed E-state index contributed by atoms with van der Waals surface area (Å²) in [6.07, 6.45) is 4.27. The molecule has 42 heavy (non-hydrogen) atoms. The normalized spacial score (nSPS) is 23.5. The minimum atomic E-state index is -3.10. The molecule has 2 fully saturated rings. The molecule has 2 aromatic carbocycles. The number of hydrogen-bond donors (Lipinski definition) is 1. The van der Waals surface area contributed by atoms with Gasteiger partial charge in [-0.2, -0.15) is 0 Å². The second-order valence-corrected chi connectivity index (χ2v) is 14.3. The summed E-state index contributed by atoms with van der Waals surface area (Å²) in [7, 11) is -3.10. The van der Waals surface area contributed by atoms with Crippen LogP contribution in [-0.2, 0) is 39.9 Å². The van der Waals surface area contributed by atoms with E-state index < -0.39 is 32.7 Å². The third-order valence-corrected chi connectivity index (χ3v) is 11.1. The van der Waals surface area contributed by atoms with Crippen LogP contribution in [0.4, 0.5) is 4.39 Å². The number of carboxylic acid groups (broad SMARTS) is 1. The van der Waals surface area contributed by atoms with Gasteiger partial charge in [-0.05, 0) is 69.0 Å². The first kappa shape index (κ1) is 28.9. The number of likely N-dealkylation sites (tertiary alicyclic amines) is 1. The Labute approximate surface area is 249 Å². The maximum atomic E-state index is 14.8. The van der Waals surface area contributed by atoms with Gasteiger partial charge in [0.1, 0.15) is 11.6 Å². The molecule has 0 amide bonds. The van der Waals surface area contributed by atoms with Crippen molar-refractivity contribution in [2.45, 2.75) is 69.1 Å². The Balaban J connectivity index is 1.14. The summed E-state index contributed by atoms with van der Waals surface area (Å²) in [5.74, 6) is -0.322. The number of benzene rings is 2. The van der Waals surface area contributed by atoms with Crippen LogP contribution in [0, 0.1) is 5.82 Å². The molecule has 0 aliphatic carbocycles. The van der Waals surface area contributed by atoms with E-state index in [1.807, 2.05) is 22.8 Å². The number of aliphatic carboxylic acids is 1. The second kappa shape index (κ2) is 11.2. The van der Waals surface area contributed by atoms with E-state index in [0.29, 0.717) is 42.5 Å². The summed E-state index contributed by atoms with van der Waals surface area (Å²) in [6.45, 7) is 4.14. The largest absolute Gasteiger partial charge is 0.481 e. The molecule has 2 saturated heterocycles. The van der Waals surface area contributed by atoms with Crippen molar-refractivity contribution in [1.82, 2.24) is 14.5 Å². The smallest absolute Gasteiger partial charge is 0.303 e. The van der Waals surface area contributed by atoms with Crippen LogP contribution >= 0.6 is 11.6 Å². The highest BCUT2D eigenvalue weighted by molar-refractivity contribution is 7.93. The molecule has 3 aliphatic rings. The topological polar surface area (TPSA) is 111 Å². The standard InChI is InChI=1S/C30H33ClFN3O6S/c1-30(24-7-5-20(31)15-25(24)32)40-26-4-2-3-23(29(26)41-30)19-9-12-34(13-10-19)18-27-33-16-21(6-8-28(36)37)35(27)17-22-11-14-42(22,38)39/h2-5,7,15-16,19,22H,6,8-14,17-18H2,1H3,(H,36,37). The molecule has 2 atom stereocenters. The van der Waals surface area contributed by atoms with Gasteiger partial charge in [0.2, 0.25) is 0 Å². The lowest BCUT2D eigenvalue weighted by molar-refractivity contribution is -0.137. The summed E-state index contributed by atoms with van der Waals surface area (Å²) < 4.78 is 53.6. The summed E-state index contributed by atoms with van der Waals surface area (Å²) in [5.41, 5.74) is 2.05. The molecule has 1 N–H and O–H groups in total. The van der Waals surface area contributed by atoms with E-state index in [-0.39, 0.29) is 23.7 Å². The van der Waals surface area contributed by atoms with Gasteiger partial charge in [0, 0.05) is 35.9 Å². The summed E-state index contributed by atoms with van der Waals surface area (Å²) in [6, 6.07) is 10.2. The number of carboxylic acids is 1. The van der Waals surface area contributed by atoms with Crippen molar-refractivity contribution >= 4 is 27.4 Å². The molecule has 4 heterocycles. The number of hydrogen-bond acceptors (Lipinski definition) is 7. The van der Waals surface area contributed by atoms with Gasteiger partial charge >= 0.3 is 5.97 Å². The monoisotopic (exact) mass is 617 g/mol. The lowest BCUT2D eigenvalue weighted by atomic mass is 9.88. The number of piperidine rings is 1. The van der Waals surface area contributed by atoms with Gasteiger partial charge in [0.15, 0.2) is 21.3 Å². The quantitative estimate of drug-likeness (QED) is 0.361. The lowest BCUT2D eigenvalue weighted by Crippen LogP contribution is -2.41. The van der Waals surface area contributed by atoms with Gasteiger partial charge in [0.05, 0.1) is 29.5 Å². The molecule has 224 valence electrons. The Hall–Kier alpha value is -3.15. The molecule has 12 heteroatoms. The van der Waals surface area contributed by atoms with Crippen LogP contribution in [0.25, 0.3) is 0 Å². The van der Waals surface area contributed by atoms with Crippen molar-refractivity contribution in [2.75, 3.05) is 18.8 Å². The molecular weight excluding hydrogens is 585 g/mol. The Morgan fingerprint density at radius 1 is 1.19 bits per heavy atom. The molecule has 0 bridgehead atoms. The Bertz CT molecular complexity index is 1620. The Morgan fingerprint density at radius 3 is 2.64 bits per heavy atom. The maximum Gasteiger partial charge on any atom is 0.303 e. The number of aromatic nitrogens is 2. The zero-order valence-corrected chi connectivity index (χ0v) is 24.8. The molecule has 3 aromatic rings. The minimum Gasteiger partial charge on any atom is -0.481 e. The third kappa shape index (κ3) is 5.61. The van der Waals surface area contributed by atoms with Gasteiger partial charge in [-0.15, -0.1) is 0 Å². The summed E-state index contributed by atoms with van der Waals surface area (Å²) in [5, 5.41) is 9.02. The van der Waals surface area contributed by atoms with Gasteiger partial charge < -0.3 is 19.1 Å². The van der Waals surface area contributed by atoms with Crippen LogP contribution in [-0.4, -0.2) is 58.0 Å². The fourth-order valence-corrected chi connectivity index (χ4v) is 7.65. The number of rotatable bonds is 9.